The van der Waals surface area contributed by atoms with Gasteiger partial charge in [-0.2, -0.15) is 0 Å². The predicted octanol–water partition coefficient (Wildman–Crippen LogP) is 3.23. The van der Waals surface area contributed by atoms with Gasteiger partial charge in [0.05, 0.1) is 12.2 Å². The van der Waals surface area contributed by atoms with Gasteiger partial charge in [-0.1, -0.05) is 36.1 Å². The molecule has 0 spiro atoms. The molecule has 4 nitrogen and oxygen atoms in total. The molecule has 2 aromatic carbocycles. The highest BCUT2D eigenvalue weighted by Gasteiger charge is 2.01. The molecule has 0 atom stereocenters. The van der Waals surface area contributed by atoms with Gasteiger partial charge in [0.15, 0.2) is 0 Å². The molecule has 0 bridgehead atoms. The second-order valence-corrected chi connectivity index (χ2v) is 5.39. The van der Waals surface area contributed by atoms with Crippen LogP contribution in [0.4, 0.5) is 16.2 Å². The van der Waals surface area contributed by atoms with Crippen LogP contribution in [0.5, 0.6) is 0 Å². The van der Waals surface area contributed by atoms with Gasteiger partial charge in [0.2, 0.25) is 0 Å². The minimum atomic E-state index is -0.259. The van der Waals surface area contributed by atoms with Crippen molar-refractivity contribution in [2.24, 2.45) is 0 Å². The number of rotatable bonds is 3. The first kappa shape index (κ1) is 16.4. The Morgan fingerprint density at radius 2 is 1.91 bits per heavy atom. The highest BCUT2D eigenvalue weighted by Crippen LogP contribution is 2.16. The van der Waals surface area contributed by atoms with Crippen LogP contribution in [0.1, 0.15) is 11.1 Å². The largest absolute Gasteiger partial charge is 0.377 e. The third-order valence-corrected chi connectivity index (χ3v) is 3.22. The van der Waals surface area contributed by atoms with Gasteiger partial charge >= 0.3 is 6.03 Å². The first-order valence-electron chi connectivity index (χ1n) is 7.43. The fourth-order valence-electron chi connectivity index (χ4n) is 2.13. The van der Waals surface area contributed by atoms with Crippen molar-refractivity contribution >= 4 is 17.4 Å². The van der Waals surface area contributed by atoms with E-state index in [0.29, 0.717) is 6.54 Å². The number of para-hydroxylation sites is 1. The van der Waals surface area contributed by atoms with Gasteiger partial charge in [-0.15, -0.1) is 0 Å². The first-order chi connectivity index (χ1) is 11.1. The molecule has 0 saturated carbocycles. The first-order valence-corrected chi connectivity index (χ1v) is 7.43. The second kappa shape index (κ2) is 7.90. The smallest absolute Gasteiger partial charge is 0.319 e. The topological polar surface area (TPSA) is 44.4 Å². The van der Waals surface area contributed by atoms with Gasteiger partial charge in [-0.05, 0) is 36.8 Å². The SMILES string of the molecule is Cc1cccc(NC(=O)NCC#Cc2ccccc2N(C)C)c1. The molecular formula is C19H21N3O. The average molecular weight is 307 g/mol. The normalized spacial score (nSPS) is 9.52. The minimum Gasteiger partial charge on any atom is -0.377 e. The summed E-state index contributed by atoms with van der Waals surface area (Å²) in [7, 11) is 3.96. The molecule has 0 heterocycles. The number of carbonyl (C=O) groups excluding carboxylic acids is 1. The summed E-state index contributed by atoms with van der Waals surface area (Å²) in [5.74, 6) is 6.07. The number of amides is 2. The van der Waals surface area contributed by atoms with E-state index in [-0.39, 0.29) is 6.03 Å². The summed E-state index contributed by atoms with van der Waals surface area (Å²) in [5.41, 5.74) is 3.87. The van der Waals surface area contributed by atoms with Crippen molar-refractivity contribution in [3.8, 4) is 11.8 Å². The maximum Gasteiger partial charge on any atom is 0.319 e. The average Bonchev–Trinajstić information content (AvgIpc) is 2.52. The minimum absolute atomic E-state index is 0.259. The van der Waals surface area contributed by atoms with E-state index < -0.39 is 0 Å². The van der Waals surface area contributed by atoms with E-state index in [0.717, 1.165) is 22.5 Å². The maximum absolute atomic E-state index is 11.8. The van der Waals surface area contributed by atoms with Gasteiger partial charge in [0, 0.05) is 25.3 Å². The molecule has 2 aromatic rings. The van der Waals surface area contributed by atoms with Crippen LogP contribution < -0.4 is 15.5 Å². The van der Waals surface area contributed by atoms with Crippen molar-refractivity contribution in [3.63, 3.8) is 0 Å². The Bertz CT molecular complexity index is 742. The van der Waals surface area contributed by atoms with Gasteiger partial charge in [0.25, 0.3) is 0 Å². The monoisotopic (exact) mass is 307 g/mol. The summed E-state index contributed by atoms with van der Waals surface area (Å²) in [6, 6.07) is 15.3. The lowest BCUT2D eigenvalue weighted by Gasteiger charge is -2.13. The lowest BCUT2D eigenvalue weighted by Crippen LogP contribution is -2.28. The zero-order chi connectivity index (χ0) is 16.7. The number of aryl methyl sites for hydroxylation is 1. The van der Waals surface area contributed by atoms with Crippen LogP contribution in [0, 0.1) is 18.8 Å². The molecule has 118 valence electrons. The number of benzene rings is 2. The summed E-state index contributed by atoms with van der Waals surface area (Å²) in [6.07, 6.45) is 0. The zero-order valence-electron chi connectivity index (χ0n) is 13.7. The van der Waals surface area contributed by atoms with E-state index in [1.165, 1.54) is 0 Å². The number of carbonyl (C=O) groups is 1. The summed E-state index contributed by atoms with van der Waals surface area (Å²) >= 11 is 0. The third kappa shape index (κ3) is 5.08. The maximum atomic E-state index is 11.8. The number of hydrogen-bond donors (Lipinski definition) is 2. The molecule has 0 aliphatic carbocycles. The van der Waals surface area contributed by atoms with E-state index >= 15 is 0 Å². The Kier molecular flexibility index (Phi) is 5.65. The fraction of sp³-hybridized carbons (Fsp3) is 0.211. The van der Waals surface area contributed by atoms with Crippen molar-refractivity contribution in [2.45, 2.75) is 6.92 Å². The summed E-state index contributed by atoms with van der Waals surface area (Å²) in [4.78, 5) is 13.8. The summed E-state index contributed by atoms with van der Waals surface area (Å²) in [6.45, 7) is 2.27. The molecule has 0 radical (unpaired) electrons. The molecule has 0 aromatic heterocycles. The van der Waals surface area contributed by atoms with Crippen LogP contribution in [0.2, 0.25) is 0 Å². The van der Waals surface area contributed by atoms with Crippen LogP contribution in [0.3, 0.4) is 0 Å². The molecule has 2 N–H and O–H groups in total. The molecular weight excluding hydrogens is 286 g/mol. The molecule has 23 heavy (non-hydrogen) atoms. The van der Waals surface area contributed by atoms with E-state index in [9.17, 15) is 4.79 Å². The third-order valence-electron chi connectivity index (χ3n) is 3.22. The van der Waals surface area contributed by atoms with Crippen LogP contribution in [-0.2, 0) is 0 Å². The lowest BCUT2D eigenvalue weighted by atomic mass is 10.1. The van der Waals surface area contributed by atoms with Crippen molar-refractivity contribution in [1.82, 2.24) is 5.32 Å². The quantitative estimate of drug-likeness (QED) is 0.855. The number of hydrogen-bond acceptors (Lipinski definition) is 2. The fourth-order valence-corrected chi connectivity index (χ4v) is 2.13. The summed E-state index contributed by atoms with van der Waals surface area (Å²) in [5, 5.41) is 5.52. The van der Waals surface area contributed by atoms with Crippen LogP contribution in [0.15, 0.2) is 48.5 Å². The molecule has 2 rings (SSSR count). The second-order valence-electron chi connectivity index (χ2n) is 5.39. The van der Waals surface area contributed by atoms with Gasteiger partial charge < -0.3 is 15.5 Å². The number of anilines is 2. The molecule has 2 amide bonds. The van der Waals surface area contributed by atoms with E-state index in [1.54, 1.807) is 0 Å². The molecule has 4 heteroatoms. The number of nitrogens with zero attached hydrogens (tertiary/aromatic N) is 1. The number of urea groups is 1. The molecule has 0 saturated heterocycles. The van der Waals surface area contributed by atoms with Gasteiger partial charge in [-0.3, -0.25) is 0 Å². The highest BCUT2D eigenvalue weighted by atomic mass is 16.2. The van der Waals surface area contributed by atoms with E-state index in [4.69, 9.17) is 0 Å². The zero-order valence-corrected chi connectivity index (χ0v) is 13.7. The van der Waals surface area contributed by atoms with E-state index in [2.05, 4.69) is 22.5 Å². The number of nitrogens with one attached hydrogen (secondary N) is 2. The predicted molar refractivity (Wildman–Crippen MR) is 95.8 cm³/mol. The summed E-state index contributed by atoms with van der Waals surface area (Å²) < 4.78 is 0. The van der Waals surface area contributed by atoms with Gasteiger partial charge in [0.1, 0.15) is 0 Å². The van der Waals surface area contributed by atoms with Crippen molar-refractivity contribution < 1.29 is 4.79 Å². The highest BCUT2D eigenvalue weighted by molar-refractivity contribution is 5.89. The van der Waals surface area contributed by atoms with Crippen LogP contribution >= 0.6 is 0 Å². The molecule has 0 fully saturated rings. The Hall–Kier alpha value is -2.93. The Morgan fingerprint density at radius 1 is 1.13 bits per heavy atom. The van der Waals surface area contributed by atoms with Crippen LogP contribution in [-0.4, -0.2) is 26.7 Å². The van der Waals surface area contributed by atoms with Gasteiger partial charge in [-0.25, -0.2) is 4.79 Å². The van der Waals surface area contributed by atoms with Crippen molar-refractivity contribution in [1.29, 1.82) is 0 Å². The molecule has 0 unspecified atom stereocenters. The Labute approximate surface area is 137 Å². The van der Waals surface area contributed by atoms with E-state index in [1.807, 2.05) is 74.4 Å². The standard InChI is InChI=1S/C19H21N3O/c1-15-8-6-11-17(14-15)21-19(23)20-13-7-10-16-9-4-5-12-18(16)22(2)3/h4-6,8-9,11-12,14H,13H2,1-3H3,(H2,20,21,23). The lowest BCUT2D eigenvalue weighted by molar-refractivity contribution is 0.253. The van der Waals surface area contributed by atoms with Crippen molar-refractivity contribution in [2.75, 3.05) is 30.9 Å². The Morgan fingerprint density at radius 3 is 2.65 bits per heavy atom. The molecule has 0 aliphatic heterocycles. The van der Waals surface area contributed by atoms with Crippen molar-refractivity contribution in [3.05, 3.63) is 59.7 Å². The molecule has 0 aliphatic rings. The van der Waals surface area contributed by atoms with Crippen LogP contribution in [0.25, 0.3) is 0 Å². The Balaban J connectivity index is 1.89.